The first-order chi connectivity index (χ1) is 4.75. The molecule has 0 heterocycles. The van der Waals surface area contributed by atoms with Crippen LogP contribution in [0.5, 0.6) is 0 Å². The Morgan fingerprint density at radius 3 is 2.50 bits per heavy atom. The van der Waals surface area contributed by atoms with Gasteiger partial charge in [0.25, 0.3) is 0 Å². The zero-order valence-electron chi connectivity index (χ0n) is 6.93. The van der Waals surface area contributed by atoms with Crippen LogP contribution in [0.15, 0.2) is 0 Å². The third kappa shape index (κ3) is 1.50. The van der Waals surface area contributed by atoms with Gasteiger partial charge in [-0.25, -0.2) is 0 Å². The fraction of sp³-hybridized carbons (Fsp3) is 1.00. The van der Waals surface area contributed by atoms with Crippen LogP contribution >= 0.6 is 0 Å². The van der Waals surface area contributed by atoms with Crippen molar-refractivity contribution in [2.45, 2.75) is 39.2 Å². The van der Waals surface area contributed by atoms with Gasteiger partial charge in [0, 0.05) is 6.04 Å². The van der Waals surface area contributed by atoms with Crippen LogP contribution in [0.4, 0.5) is 0 Å². The quantitative estimate of drug-likeness (QED) is 0.427. The molecule has 1 rings (SSSR count). The minimum absolute atomic E-state index is 0.559. The van der Waals surface area contributed by atoms with Gasteiger partial charge in [0.15, 0.2) is 0 Å². The lowest BCUT2D eigenvalue weighted by Crippen LogP contribution is -2.44. The van der Waals surface area contributed by atoms with Crippen LogP contribution in [0, 0.1) is 11.8 Å². The largest absolute Gasteiger partial charge is 0.271 e. The van der Waals surface area contributed by atoms with Gasteiger partial charge in [0.2, 0.25) is 0 Å². The molecule has 0 bridgehead atoms. The average molecular weight is 142 g/mol. The fourth-order valence-electron chi connectivity index (χ4n) is 1.82. The molecule has 1 fully saturated rings. The zero-order chi connectivity index (χ0) is 7.56. The first kappa shape index (κ1) is 8.02. The summed E-state index contributed by atoms with van der Waals surface area (Å²) in [6.45, 7) is 4.60. The molecule has 0 saturated heterocycles. The maximum absolute atomic E-state index is 5.41. The van der Waals surface area contributed by atoms with Crippen LogP contribution in [0.1, 0.15) is 33.1 Å². The number of rotatable bonds is 1. The van der Waals surface area contributed by atoms with E-state index in [9.17, 15) is 0 Å². The minimum Gasteiger partial charge on any atom is -0.271 e. The van der Waals surface area contributed by atoms with Crippen molar-refractivity contribution in [2.75, 3.05) is 0 Å². The molecule has 0 aromatic rings. The third-order valence-electron chi connectivity index (χ3n) is 2.92. The summed E-state index contributed by atoms with van der Waals surface area (Å²) in [6, 6.07) is 0.559. The normalized spacial score (nSPS) is 41.7. The summed E-state index contributed by atoms with van der Waals surface area (Å²) in [6.07, 6.45) is 3.96. The lowest BCUT2D eigenvalue weighted by atomic mass is 9.78. The van der Waals surface area contributed by atoms with Gasteiger partial charge in [0.05, 0.1) is 0 Å². The van der Waals surface area contributed by atoms with E-state index in [-0.39, 0.29) is 0 Å². The first-order valence-corrected chi connectivity index (χ1v) is 4.22. The van der Waals surface area contributed by atoms with Gasteiger partial charge in [-0.3, -0.25) is 11.3 Å². The van der Waals surface area contributed by atoms with Crippen molar-refractivity contribution >= 4 is 0 Å². The van der Waals surface area contributed by atoms with Crippen molar-refractivity contribution in [3.8, 4) is 0 Å². The Kier molecular flexibility index (Phi) is 2.69. The zero-order valence-corrected chi connectivity index (χ0v) is 6.93. The van der Waals surface area contributed by atoms with Gasteiger partial charge in [-0.1, -0.05) is 26.7 Å². The van der Waals surface area contributed by atoms with Crippen molar-refractivity contribution < 1.29 is 0 Å². The molecule has 10 heavy (non-hydrogen) atoms. The minimum atomic E-state index is 0.559. The van der Waals surface area contributed by atoms with Gasteiger partial charge < -0.3 is 0 Å². The highest BCUT2D eigenvalue weighted by atomic mass is 15.2. The highest BCUT2D eigenvalue weighted by molar-refractivity contribution is 4.80. The molecule has 0 spiro atoms. The molecule has 2 nitrogen and oxygen atoms in total. The third-order valence-corrected chi connectivity index (χ3v) is 2.92. The molecule has 0 radical (unpaired) electrons. The Hall–Kier alpha value is -0.0800. The maximum Gasteiger partial charge on any atom is 0.0238 e. The van der Waals surface area contributed by atoms with E-state index in [1.165, 1.54) is 19.3 Å². The van der Waals surface area contributed by atoms with Crippen LogP contribution in [-0.2, 0) is 0 Å². The van der Waals surface area contributed by atoms with Crippen LogP contribution in [0.3, 0.4) is 0 Å². The van der Waals surface area contributed by atoms with E-state index in [2.05, 4.69) is 19.3 Å². The molecule has 0 aromatic heterocycles. The van der Waals surface area contributed by atoms with E-state index < -0.39 is 0 Å². The number of hydrogen-bond donors (Lipinski definition) is 2. The van der Waals surface area contributed by atoms with Gasteiger partial charge in [-0.2, -0.15) is 0 Å². The van der Waals surface area contributed by atoms with E-state index >= 15 is 0 Å². The van der Waals surface area contributed by atoms with Gasteiger partial charge in [0.1, 0.15) is 0 Å². The molecule has 0 aromatic carbocycles. The second-order valence-electron chi connectivity index (χ2n) is 3.54. The van der Waals surface area contributed by atoms with Crippen LogP contribution < -0.4 is 11.3 Å². The molecule has 0 amide bonds. The van der Waals surface area contributed by atoms with Crippen molar-refractivity contribution in [2.24, 2.45) is 17.7 Å². The Morgan fingerprint density at radius 2 is 2.00 bits per heavy atom. The van der Waals surface area contributed by atoms with Crippen LogP contribution in [-0.4, -0.2) is 6.04 Å². The summed E-state index contributed by atoms with van der Waals surface area (Å²) < 4.78 is 0. The van der Waals surface area contributed by atoms with Crippen molar-refractivity contribution in [3.05, 3.63) is 0 Å². The maximum atomic E-state index is 5.41. The fourth-order valence-corrected chi connectivity index (χ4v) is 1.82. The SMILES string of the molecule is C[C@@H]1[C@H](C)CCC[C@@H]1NN. The molecule has 3 atom stereocenters. The van der Waals surface area contributed by atoms with E-state index in [0.717, 1.165) is 11.8 Å². The van der Waals surface area contributed by atoms with Gasteiger partial charge >= 0.3 is 0 Å². The summed E-state index contributed by atoms with van der Waals surface area (Å²) in [4.78, 5) is 0. The molecule has 1 saturated carbocycles. The summed E-state index contributed by atoms with van der Waals surface area (Å²) >= 11 is 0. The molecule has 60 valence electrons. The molecule has 1 aliphatic rings. The lowest BCUT2D eigenvalue weighted by Gasteiger charge is -2.33. The predicted molar refractivity (Wildman–Crippen MR) is 43.3 cm³/mol. The first-order valence-electron chi connectivity index (χ1n) is 4.22. The van der Waals surface area contributed by atoms with Gasteiger partial charge in [-0.05, 0) is 18.3 Å². The summed E-state index contributed by atoms with van der Waals surface area (Å²) in [5.74, 6) is 7.00. The molecule has 0 aliphatic heterocycles. The molecule has 3 N–H and O–H groups in total. The predicted octanol–water partition coefficient (Wildman–Crippen LogP) is 1.27. The molecular weight excluding hydrogens is 124 g/mol. The Labute approximate surface area is 63.1 Å². The van der Waals surface area contributed by atoms with Crippen molar-refractivity contribution in [1.29, 1.82) is 0 Å². The molecule has 0 unspecified atom stereocenters. The number of hydrogen-bond acceptors (Lipinski definition) is 2. The summed E-state index contributed by atoms with van der Waals surface area (Å²) in [5.41, 5.74) is 2.88. The second-order valence-corrected chi connectivity index (χ2v) is 3.54. The smallest absolute Gasteiger partial charge is 0.0238 e. The van der Waals surface area contributed by atoms with E-state index in [1.807, 2.05) is 0 Å². The number of nitrogens with two attached hydrogens (primary N) is 1. The van der Waals surface area contributed by atoms with Crippen molar-refractivity contribution in [3.63, 3.8) is 0 Å². The lowest BCUT2D eigenvalue weighted by molar-refractivity contribution is 0.208. The monoisotopic (exact) mass is 142 g/mol. The topological polar surface area (TPSA) is 38.0 Å². The number of nitrogens with one attached hydrogen (secondary N) is 1. The Bertz CT molecular complexity index is 103. The second kappa shape index (κ2) is 3.35. The highest BCUT2D eigenvalue weighted by Gasteiger charge is 2.25. The Balaban J connectivity index is 2.42. The van der Waals surface area contributed by atoms with Crippen LogP contribution in [0.25, 0.3) is 0 Å². The summed E-state index contributed by atoms with van der Waals surface area (Å²) in [5, 5.41) is 0. The van der Waals surface area contributed by atoms with E-state index in [1.54, 1.807) is 0 Å². The Morgan fingerprint density at radius 1 is 1.30 bits per heavy atom. The van der Waals surface area contributed by atoms with Crippen LogP contribution in [0.2, 0.25) is 0 Å². The standard InChI is InChI=1S/C8H18N2/c1-6-4-3-5-8(10-9)7(6)2/h6-8,10H,3-5,9H2,1-2H3/t6-,7-,8+/m1/s1. The molecule has 1 aliphatic carbocycles. The average Bonchev–Trinajstić information content (AvgIpc) is 1.95. The summed E-state index contributed by atoms with van der Waals surface area (Å²) in [7, 11) is 0. The number of hydrazine groups is 1. The molecule has 2 heteroatoms. The highest BCUT2D eigenvalue weighted by Crippen LogP contribution is 2.28. The van der Waals surface area contributed by atoms with Crippen molar-refractivity contribution in [1.82, 2.24) is 5.43 Å². The molecular formula is C8H18N2. The van der Waals surface area contributed by atoms with Gasteiger partial charge in [-0.15, -0.1) is 0 Å². The van der Waals surface area contributed by atoms with E-state index in [4.69, 9.17) is 5.84 Å². The van der Waals surface area contributed by atoms with E-state index in [0.29, 0.717) is 6.04 Å².